The Kier molecular flexibility index (Phi) is 4.37. The van der Waals surface area contributed by atoms with Crippen molar-refractivity contribution in [3.63, 3.8) is 0 Å². The Hall–Kier alpha value is -3.02. The SMILES string of the molecule is COC(=O)c1ccc(OCc2cn3cc(C)ccc3n2)c(OC)c1. The highest BCUT2D eigenvalue weighted by atomic mass is 16.5. The molecule has 0 saturated carbocycles. The van der Waals surface area contributed by atoms with Crippen LogP contribution in [0.3, 0.4) is 0 Å². The molecule has 0 saturated heterocycles. The van der Waals surface area contributed by atoms with Gasteiger partial charge in [0.05, 0.1) is 25.5 Å². The minimum absolute atomic E-state index is 0.300. The average molecular weight is 326 g/mol. The second kappa shape index (κ2) is 6.62. The number of nitrogens with zero attached hydrogens (tertiary/aromatic N) is 2. The first-order valence-electron chi connectivity index (χ1n) is 7.44. The van der Waals surface area contributed by atoms with Gasteiger partial charge in [-0.2, -0.15) is 0 Å². The van der Waals surface area contributed by atoms with E-state index in [0.717, 1.165) is 16.9 Å². The monoisotopic (exact) mass is 326 g/mol. The quantitative estimate of drug-likeness (QED) is 0.675. The van der Waals surface area contributed by atoms with Crippen LogP contribution in [0, 0.1) is 6.92 Å². The maximum Gasteiger partial charge on any atom is 0.337 e. The normalized spacial score (nSPS) is 10.6. The molecule has 2 aromatic heterocycles. The second-order valence-electron chi connectivity index (χ2n) is 5.35. The lowest BCUT2D eigenvalue weighted by molar-refractivity contribution is 0.0600. The van der Waals surface area contributed by atoms with Crippen molar-refractivity contribution in [2.24, 2.45) is 0 Å². The van der Waals surface area contributed by atoms with Gasteiger partial charge in [-0.25, -0.2) is 9.78 Å². The zero-order chi connectivity index (χ0) is 17.1. The number of esters is 1. The van der Waals surface area contributed by atoms with Gasteiger partial charge >= 0.3 is 5.97 Å². The van der Waals surface area contributed by atoms with Gasteiger partial charge in [-0.15, -0.1) is 0 Å². The third-order valence-electron chi connectivity index (χ3n) is 3.61. The lowest BCUT2D eigenvalue weighted by Gasteiger charge is -2.10. The van der Waals surface area contributed by atoms with Gasteiger partial charge in [0.1, 0.15) is 12.3 Å². The van der Waals surface area contributed by atoms with Crippen molar-refractivity contribution in [3.8, 4) is 11.5 Å². The molecule has 3 rings (SSSR count). The average Bonchev–Trinajstić information content (AvgIpc) is 3.01. The number of carbonyl (C=O) groups is 1. The number of rotatable bonds is 5. The molecule has 0 bridgehead atoms. The molecule has 1 aromatic carbocycles. The highest BCUT2D eigenvalue weighted by molar-refractivity contribution is 5.90. The van der Waals surface area contributed by atoms with Crippen molar-refractivity contribution in [2.45, 2.75) is 13.5 Å². The van der Waals surface area contributed by atoms with E-state index in [1.807, 2.05) is 35.9 Å². The summed E-state index contributed by atoms with van der Waals surface area (Å²) in [5.41, 5.74) is 3.24. The van der Waals surface area contributed by atoms with Gasteiger partial charge in [-0.3, -0.25) is 0 Å². The first-order chi connectivity index (χ1) is 11.6. The summed E-state index contributed by atoms with van der Waals surface area (Å²) in [7, 11) is 2.86. The maximum atomic E-state index is 11.6. The molecule has 2 heterocycles. The molecule has 124 valence electrons. The van der Waals surface area contributed by atoms with Crippen LogP contribution in [-0.2, 0) is 11.3 Å². The van der Waals surface area contributed by atoms with Crippen LogP contribution in [0.5, 0.6) is 11.5 Å². The van der Waals surface area contributed by atoms with E-state index < -0.39 is 5.97 Å². The number of benzene rings is 1. The minimum Gasteiger partial charge on any atom is -0.493 e. The van der Waals surface area contributed by atoms with Crippen LogP contribution in [0.25, 0.3) is 5.65 Å². The summed E-state index contributed by atoms with van der Waals surface area (Å²) < 4.78 is 17.7. The van der Waals surface area contributed by atoms with Crippen molar-refractivity contribution < 1.29 is 19.0 Å². The largest absolute Gasteiger partial charge is 0.493 e. The number of imidazole rings is 1. The molecule has 0 radical (unpaired) electrons. The predicted molar refractivity (Wildman–Crippen MR) is 88.6 cm³/mol. The molecule has 0 unspecified atom stereocenters. The van der Waals surface area contributed by atoms with Gasteiger partial charge in [0.2, 0.25) is 0 Å². The number of ether oxygens (including phenoxy) is 3. The summed E-state index contributed by atoms with van der Waals surface area (Å²) in [4.78, 5) is 16.1. The molecule has 3 aromatic rings. The van der Waals surface area contributed by atoms with Gasteiger partial charge < -0.3 is 18.6 Å². The van der Waals surface area contributed by atoms with Crippen molar-refractivity contribution in [3.05, 3.63) is 59.5 Å². The Bertz CT molecular complexity index is 886. The number of carbonyl (C=O) groups excluding carboxylic acids is 1. The van der Waals surface area contributed by atoms with Crippen LogP contribution in [-0.4, -0.2) is 29.6 Å². The van der Waals surface area contributed by atoms with E-state index in [-0.39, 0.29) is 0 Å². The molecule has 0 spiro atoms. The Morgan fingerprint density at radius 1 is 1.12 bits per heavy atom. The molecule has 0 amide bonds. The number of pyridine rings is 1. The molecular weight excluding hydrogens is 308 g/mol. The first kappa shape index (κ1) is 15.9. The lowest BCUT2D eigenvalue weighted by Crippen LogP contribution is -2.03. The van der Waals surface area contributed by atoms with Gasteiger partial charge in [0, 0.05) is 12.4 Å². The first-order valence-corrected chi connectivity index (χ1v) is 7.44. The predicted octanol–water partition coefficient (Wildman–Crippen LogP) is 3.02. The van der Waals surface area contributed by atoms with E-state index in [9.17, 15) is 4.79 Å². The number of fused-ring (bicyclic) bond motifs is 1. The Labute approximate surface area is 139 Å². The molecule has 24 heavy (non-hydrogen) atoms. The fourth-order valence-corrected chi connectivity index (χ4v) is 2.41. The molecular formula is C18H18N2O4. The summed E-state index contributed by atoms with van der Waals surface area (Å²) in [6.45, 7) is 2.33. The minimum atomic E-state index is -0.421. The third kappa shape index (κ3) is 3.17. The number of methoxy groups -OCH3 is 2. The molecule has 6 heteroatoms. The lowest BCUT2D eigenvalue weighted by atomic mass is 10.2. The van der Waals surface area contributed by atoms with E-state index in [0.29, 0.717) is 23.7 Å². The van der Waals surface area contributed by atoms with Crippen LogP contribution < -0.4 is 9.47 Å². The summed E-state index contributed by atoms with van der Waals surface area (Å²) in [5.74, 6) is 0.589. The zero-order valence-electron chi connectivity index (χ0n) is 13.8. The van der Waals surface area contributed by atoms with E-state index in [1.165, 1.54) is 14.2 Å². The summed E-state index contributed by atoms with van der Waals surface area (Å²) >= 11 is 0. The van der Waals surface area contributed by atoms with Crippen LogP contribution in [0.1, 0.15) is 21.6 Å². The molecule has 0 fully saturated rings. The third-order valence-corrected chi connectivity index (χ3v) is 3.61. The summed E-state index contributed by atoms with van der Waals surface area (Å²) in [6, 6.07) is 8.89. The Morgan fingerprint density at radius 3 is 2.71 bits per heavy atom. The summed E-state index contributed by atoms with van der Waals surface area (Å²) in [5, 5.41) is 0. The Morgan fingerprint density at radius 2 is 1.96 bits per heavy atom. The smallest absolute Gasteiger partial charge is 0.337 e. The number of hydrogen-bond donors (Lipinski definition) is 0. The van der Waals surface area contributed by atoms with Crippen LogP contribution in [0.4, 0.5) is 0 Å². The molecule has 0 aliphatic carbocycles. The number of aromatic nitrogens is 2. The van der Waals surface area contributed by atoms with E-state index in [1.54, 1.807) is 18.2 Å². The fraction of sp³-hybridized carbons (Fsp3) is 0.222. The van der Waals surface area contributed by atoms with Crippen LogP contribution >= 0.6 is 0 Å². The van der Waals surface area contributed by atoms with E-state index in [2.05, 4.69) is 4.98 Å². The molecule has 0 N–H and O–H groups in total. The van der Waals surface area contributed by atoms with Gasteiger partial charge in [0.25, 0.3) is 0 Å². The highest BCUT2D eigenvalue weighted by Crippen LogP contribution is 2.29. The highest BCUT2D eigenvalue weighted by Gasteiger charge is 2.12. The standard InChI is InChI=1S/C18H18N2O4/c1-12-4-7-17-19-14(10-20(17)9-12)11-24-15-6-5-13(18(21)23-3)8-16(15)22-2/h4-10H,11H2,1-3H3. The van der Waals surface area contributed by atoms with Gasteiger partial charge in [-0.1, -0.05) is 6.07 Å². The molecule has 0 atom stereocenters. The number of hydrogen-bond acceptors (Lipinski definition) is 5. The van der Waals surface area contributed by atoms with Gasteiger partial charge in [0.15, 0.2) is 11.5 Å². The summed E-state index contributed by atoms with van der Waals surface area (Å²) in [6.07, 6.45) is 3.94. The number of aryl methyl sites for hydroxylation is 1. The molecule has 0 aliphatic rings. The zero-order valence-corrected chi connectivity index (χ0v) is 13.8. The van der Waals surface area contributed by atoms with Crippen LogP contribution in [0.2, 0.25) is 0 Å². The topological polar surface area (TPSA) is 62.1 Å². The molecule has 0 aliphatic heterocycles. The molecule has 6 nitrogen and oxygen atoms in total. The van der Waals surface area contributed by atoms with Crippen molar-refractivity contribution in [2.75, 3.05) is 14.2 Å². The van der Waals surface area contributed by atoms with E-state index in [4.69, 9.17) is 14.2 Å². The Balaban J connectivity index is 1.78. The van der Waals surface area contributed by atoms with Crippen LogP contribution in [0.15, 0.2) is 42.7 Å². The van der Waals surface area contributed by atoms with Gasteiger partial charge in [-0.05, 0) is 36.8 Å². The fourth-order valence-electron chi connectivity index (χ4n) is 2.41. The maximum absolute atomic E-state index is 11.6. The van der Waals surface area contributed by atoms with E-state index >= 15 is 0 Å². The van der Waals surface area contributed by atoms with Crippen molar-refractivity contribution in [1.29, 1.82) is 0 Å². The second-order valence-corrected chi connectivity index (χ2v) is 5.35. The van der Waals surface area contributed by atoms with Crippen molar-refractivity contribution in [1.82, 2.24) is 9.38 Å². The van der Waals surface area contributed by atoms with Crippen molar-refractivity contribution >= 4 is 11.6 Å².